The number of hydrogen-bond acceptors (Lipinski definition) is 4. The summed E-state index contributed by atoms with van der Waals surface area (Å²) in [6.07, 6.45) is 3.44. The first-order valence-electron chi connectivity index (χ1n) is 9.43. The van der Waals surface area contributed by atoms with Gasteiger partial charge in [0.15, 0.2) is 0 Å². The van der Waals surface area contributed by atoms with Crippen LogP contribution in [0.5, 0.6) is 0 Å². The SMILES string of the molecule is O=C(NCc1cccnc1)c1ccc(C2SCC(=O)N2Cc2ccccc2)cc1. The van der Waals surface area contributed by atoms with Crippen molar-refractivity contribution in [3.05, 3.63) is 101 Å². The van der Waals surface area contributed by atoms with E-state index in [9.17, 15) is 9.59 Å². The molecule has 29 heavy (non-hydrogen) atoms. The molecule has 1 aromatic heterocycles. The number of nitrogens with one attached hydrogen (secondary N) is 1. The highest BCUT2D eigenvalue weighted by Crippen LogP contribution is 2.39. The molecule has 0 aliphatic carbocycles. The summed E-state index contributed by atoms with van der Waals surface area (Å²) < 4.78 is 0. The molecule has 0 saturated carbocycles. The molecular weight excluding hydrogens is 382 g/mol. The molecule has 2 amide bonds. The minimum Gasteiger partial charge on any atom is -0.348 e. The van der Waals surface area contributed by atoms with Crippen molar-refractivity contribution in [2.45, 2.75) is 18.5 Å². The van der Waals surface area contributed by atoms with E-state index in [1.54, 1.807) is 24.2 Å². The number of carbonyl (C=O) groups excluding carboxylic acids is 2. The standard InChI is InChI=1S/C23H21N3O2S/c27-21-16-29-23(26(21)15-17-5-2-1-3-6-17)20-10-8-19(9-11-20)22(28)25-14-18-7-4-12-24-13-18/h1-13,23H,14-16H2,(H,25,28). The summed E-state index contributed by atoms with van der Waals surface area (Å²) in [6.45, 7) is 1.02. The first-order chi connectivity index (χ1) is 14.2. The Kier molecular flexibility index (Phi) is 5.91. The molecule has 0 radical (unpaired) electrons. The Labute approximate surface area is 174 Å². The van der Waals surface area contributed by atoms with E-state index in [1.807, 2.05) is 71.6 Å². The molecule has 1 fully saturated rings. The highest BCUT2D eigenvalue weighted by molar-refractivity contribution is 8.00. The van der Waals surface area contributed by atoms with Gasteiger partial charge >= 0.3 is 0 Å². The van der Waals surface area contributed by atoms with E-state index in [2.05, 4.69) is 10.3 Å². The molecule has 0 spiro atoms. The second kappa shape index (κ2) is 8.92. The van der Waals surface area contributed by atoms with Crippen molar-refractivity contribution < 1.29 is 9.59 Å². The lowest BCUT2D eigenvalue weighted by Gasteiger charge is -2.24. The van der Waals surface area contributed by atoms with Gasteiger partial charge in [-0.1, -0.05) is 48.5 Å². The van der Waals surface area contributed by atoms with Crippen LogP contribution in [-0.4, -0.2) is 27.5 Å². The van der Waals surface area contributed by atoms with Crippen molar-refractivity contribution >= 4 is 23.6 Å². The van der Waals surface area contributed by atoms with E-state index in [-0.39, 0.29) is 17.2 Å². The van der Waals surface area contributed by atoms with Crippen molar-refractivity contribution in [1.82, 2.24) is 15.2 Å². The molecule has 2 aromatic carbocycles. The second-order valence-electron chi connectivity index (χ2n) is 6.84. The predicted molar refractivity (Wildman–Crippen MR) is 114 cm³/mol. The Morgan fingerprint density at radius 3 is 2.52 bits per heavy atom. The van der Waals surface area contributed by atoms with Crippen LogP contribution in [0.3, 0.4) is 0 Å². The fourth-order valence-electron chi connectivity index (χ4n) is 3.27. The zero-order chi connectivity index (χ0) is 20.1. The van der Waals surface area contributed by atoms with E-state index >= 15 is 0 Å². The molecule has 2 heterocycles. The summed E-state index contributed by atoms with van der Waals surface area (Å²) in [5.74, 6) is 0.490. The average Bonchev–Trinajstić information content (AvgIpc) is 3.14. The Morgan fingerprint density at radius 2 is 1.79 bits per heavy atom. The number of hydrogen-bond donors (Lipinski definition) is 1. The molecule has 1 N–H and O–H groups in total. The number of nitrogens with zero attached hydrogens (tertiary/aromatic N) is 2. The minimum absolute atomic E-state index is 0.0322. The Hall–Kier alpha value is -3.12. The van der Waals surface area contributed by atoms with E-state index in [0.29, 0.717) is 24.4 Å². The molecule has 0 bridgehead atoms. The Bertz CT molecular complexity index is 978. The summed E-state index contributed by atoms with van der Waals surface area (Å²) in [7, 11) is 0. The van der Waals surface area contributed by atoms with Crippen molar-refractivity contribution in [1.29, 1.82) is 0 Å². The topological polar surface area (TPSA) is 62.3 Å². The summed E-state index contributed by atoms with van der Waals surface area (Å²) in [6, 6.07) is 21.3. The van der Waals surface area contributed by atoms with Gasteiger partial charge in [0.25, 0.3) is 5.91 Å². The summed E-state index contributed by atoms with van der Waals surface area (Å²) in [4.78, 5) is 30.7. The van der Waals surface area contributed by atoms with Gasteiger partial charge in [0.2, 0.25) is 5.91 Å². The van der Waals surface area contributed by atoms with Crippen LogP contribution in [0.2, 0.25) is 0 Å². The zero-order valence-electron chi connectivity index (χ0n) is 15.8. The van der Waals surface area contributed by atoms with Crippen molar-refractivity contribution in [2.24, 2.45) is 0 Å². The van der Waals surface area contributed by atoms with Crippen LogP contribution >= 0.6 is 11.8 Å². The number of carbonyl (C=O) groups is 2. The third kappa shape index (κ3) is 4.66. The first kappa shape index (κ1) is 19.2. The average molecular weight is 404 g/mol. The molecule has 1 aliphatic heterocycles. The Balaban J connectivity index is 1.42. The molecule has 1 aliphatic rings. The van der Waals surface area contributed by atoms with Crippen LogP contribution in [0.25, 0.3) is 0 Å². The fourth-order valence-corrected chi connectivity index (χ4v) is 4.46. The monoisotopic (exact) mass is 403 g/mol. The minimum atomic E-state index is -0.128. The van der Waals surface area contributed by atoms with Gasteiger partial charge in [0, 0.05) is 31.0 Å². The molecule has 3 aromatic rings. The molecule has 146 valence electrons. The maximum Gasteiger partial charge on any atom is 0.251 e. The van der Waals surface area contributed by atoms with Gasteiger partial charge in [0.05, 0.1) is 5.75 Å². The normalized spacial score (nSPS) is 16.1. The van der Waals surface area contributed by atoms with Crippen molar-refractivity contribution in [3.8, 4) is 0 Å². The quantitative estimate of drug-likeness (QED) is 0.680. The van der Waals surface area contributed by atoms with Crippen LogP contribution < -0.4 is 5.32 Å². The summed E-state index contributed by atoms with van der Waals surface area (Å²) in [5.41, 5.74) is 3.69. The van der Waals surface area contributed by atoms with Gasteiger partial charge in [-0.3, -0.25) is 14.6 Å². The molecule has 6 heteroatoms. The van der Waals surface area contributed by atoms with Crippen LogP contribution in [0.1, 0.15) is 32.4 Å². The van der Waals surface area contributed by atoms with Gasteiger partial charge in [-0.25, -0.2) is 0 Å². The lowest BCUT2D eigenvalue weighted by molar-refractivity contribution is -0.128. The third-order valence-electron chi connectivity index (χ3n) is 4.80. The number of aromatic nitrogens is 1. The summed E-state index contributed by atoms with van der Waals surface area (Å²) in [5, 5.41) is 2.87. The molecule has 1 saturated heterocycles. The molecule has 4 rings (SSSR count). The van der Waals surface area contributed by atoms with E-state index in [4.69, 9.17) is 0 Å². The number of thioether (sulfide) groups is 1. The van der Waals surface area contributed by atoms with E-state index < -0.39 is 0 Å². The van der Waals surface area contributed by atoms with Crippen molar-refractivity contribution in [2.75, 3.05) is 5.75 Å². The van der Waals surface area contributed by atoms with E-state index in [1.165, 1.54) is 0 Å². The second-order valence-corrected chi connectivity index (χ2v) is 7.91. The predicted octanol–water partition coefficient (Wildman–Crippen LogP) is 3.79. The van der Waals surface area contributed by atoms with Gasteiger partial charge < -0.3 is 10.2 Å². The van der Waals surface area contributed by atoms with Crippen molar-refractivity contribution in [3.63, 3.8) is 0 Å². The molecule has 1 unspecified atom stereocenters. The lowest BCUT2D eigenvalue weighted by atomic mass is 10.1. The molecular formula is C23H21N3O2S. The molecule has 5 nitrogen and oxygen atoms in total. The van der Waals surface area contributed by atoms with Gasteiger partial charge in [-0.2, -0.15) is 0 Å². The van der Waals surface area contributed by atoms with E-state index in [0.717, 1.165) is 16.7 Å². The fraction of sp³-hybridized carbons (Fsp3) is 0.174. The van der Waals surface area contributed by atoms with Crippen LogP contribution in [0.4, 0.5) is 0 Å². The highest BCUT2D eigenvalue weighted by Gasteiger charge is 2.32. The van der Waals surface area contributed by atoms with Gasteiger partial charge in [-0.05, 0) is 34.9 Å². The van der Waals surface area contributed by atoms with Crippen LogP contribution in [0, 0.1) is 0 Å². The molecule has 1 atom stereocenters. The zero-order valence-corrected chi connectivity index (χ0v) is 16.6. The smallest absolute Gasteiger partial charge is 0.251 e. The largest absolute Gasteiger partial charge is 0.348 e. The highest BCUT2D eigenvalue weighted by atomic mass is 32.2. The maximum atomic E-state index is 12.4. The number of pyridine rings is 1. The first-order valence-corrected chi connectivity index (χ1v) is 10.5. The number of rotatable bonds is 6. The summed E-state index contributed by atoms with van der Waals surface area (Å²) >= 11 is 1.62. The van der Waals surface area contributed by atoms with Crippen LogP contribution in [-0.2, 0) is 17.9 Å². The maximum absolute atomic E-state index is 12.4. The number of amides is 2. The Morgan fingerprint density at radius 1 is 1.03 bits per heavy atom. The lowest BCUT2D eigenvalue weighted by Crippen LogP contribution is -2.27. The third-order valence-corrected chi connectivity index (χ3v) is 6.05. The van der Waals surface area contributed by atoms with Gasteiger partial charge in [0.1, 0.15) is 5.37 Å². The van der Waals surface area contributed by atoms with Crippen LogP contribution in [0.15, 0.2) is 79.1 Å². The number of benzene rings is 2. The van der Waals surface area contributed by atoms with Gasteiger partial charge in [-0.15, -0.1) is 11.8 Å².